The van der Waals surface area contributed by atoms with Crippen LogP contribution >= 0.6 is 0 Å². The predicted molar refractivity (Wildman–Crippen MR) is 88.5 cm³/mol. The molecule has 5 heteroatoms. The number of carbonyl (C=O) groups excluding carboxylic acids is 1. The molecule has 1 N–H and O–H groups in total. The Morgan fingerprint density at radius 3 is 2.83 bits per heavy atom. The van der Waals surface area contributed by atoms with Crippen molar-refractivity contribution in [3.05, 3.63) is 35.3 Å². The van der Waals surface area contributed by atoms with E-state index in [4.69, 9.17) is 0 Å². The highest BCUT2D eigenvalue weighted by Crippen LogP contribution is 2.34. The fraction of sp³-hybridized carbons (Fsp3) is 0.556. The van der Waals surface area contributed by atoms with Crippen LogP contribution in [0.3, 0.4) is 0 Å². The molecule has 0 radical (unpaired) electrons. The van der Waals surface area contributed by atoms with Gasteiger partial charge < -0.3 is 9.72 Å². The summed E-state index contributed by atoms with van der Waals surface area (Å²) in [5, 5.41) is 3.00. The van der Waals surface area contributed by atoms with E-state index in [1.54, 1.807) is 6.92 Å². The van der Waals surface area contributed by atoms with Gasteiger partial charge in [-0.05, 0) is 64.5 Å². The van der Waals surface area contributed by atoms with E-state index in [2.05, 4.69) is 10.3 Å². The first-order valence-electron chi connectivity index (χ1n) is 8.28. The number of alkyl halides is 1. The molecule has 1 saturated carbocycles. The van der Waals surface area contributed by atoms with Crippen LogP contribution in [0.1, 0.15) is 54.4 Å². The maximum Gasteiger partial charge on any atom is 0.255 e. The van der Waals surface area contributed by atoms with Crippen LogP contribution in [0.2, 0.25) is 0 Å². The van der Waals surface area contributed by atoms with Gasteiger partial charge in [-0.15, -0.1) is 0 Å². The number of hydrogen-bond acceptors (Lipinski definition) is 2. The first-order valence-corrected chi connectivity index (χ1v) is 8.28. The molecule has 1 amide bonds. The first-order chi connectivity index (χ1) is 10.9. The van der Waals surface area contributed by atoms with Crippen LogP contribution in [0, 0.1) is 19.8 Å². The molecule has 0 unspecified atom stereocenters. The van der Waals surface area contributed by atoms with Gasteiger partial charge in [0.15, 0.2) is 0 Å². The minimum Gasteiger partial charge on any atom is -0.352 e. The maximum absolute atomic E-state index is 13.8. The smallest absolute Gasteiger partial charge is 0.255 e. The molecule has 1 fully saturated rings. The fourth-order valence-electron chi connectivity index (χ4n) is 3.39. The lowest BCUT2D eigenvalue weighted by molar-refractivity contribution is 0.0894. The molecular formula is C18H24FN3O. The van der Waals surface area contributed by atoms with E-state index >= 15 is 0 Å². The zero-order valence-electron chi connectivity index (χ0n) is 14.0. The van der Waals surface area contributed by atoms with Gasteiger partial charge in [0.05, 0.1) is 5.56 Å². The van der Waals surface area contributed by atoms with Crippen molar-refractivity contribution in [2.75, 3.05) is 6.54 Å². The molecule has 0 atom stereocenters. The van der Waals surface area contributed by atoms with E-state index in [0.717, 1.165) is 24.2 Å². The number of nitrogens with one attached hydrogen (secondary N) is 1. The van der Waals surface area contributed by atoms with Crippen LogP contribution in [0.25, 0.3) is 5.65 Å². The van der Waals surface area contributed by atoms with Crippen LogP contribution < -0.4 is 5.32 Å². The van der Waals surface area contributed by atoms with E-state index < -0.39 is 5.67 Å². The Hall–Kier alpha value is -1.91. The molecule has 23 heavy (non-hydrogen) atoms. The lowest BCUT2D eigenvalue weighted by Crippen LogP contribution is -2.34. The summed E-state index contributed by atoms with van der Waals surface area (Å²) in [5.41, 5.74) is 2.22. The maximum atomic E-state index is 13.8. The average Bonchev–Trinajstić information content (AvgIpc) is 2.90. The molecule has 0 bridgehead atoms. The molecule has 2 heterocycles. The van der Waals surface area contributed by atoms with Crippen LogP contribution in [0.15, 0.2) is 18.3 Å². The zero-order chi connectivity index (χ0) is 16.6. The number of aryl methyl sites for hydroxylation is 2. The summed E-state index contributed by atoms with van der Waals surface area (Å²) in [6, 6.07) is 3.80. The molecule has 0 aliphatic heterocycles. The lowest BCUT2D eigenvalue weighted by Gasteiger charge is -2.31. The van der Waals surface area contributed by atoms with Crippen LogP contribution in [0.5, 0.6) is 0 Å². The molecular weight excluding hydrogens is 293 g/mol. The third-order valence-corrected chi connectivity index (χ3v) is 4.88. The normalized spacial score (nSPS) is 24.8. The van der Waals surface area contributed by atoms with Crippen molar-refractivity contribution in [3.8, 4) is 0 Å². The molecule has 1 aliphatic rings. The third-order valence-electron chi connectivity index (χ3n) is 4.88. The molecule has 0 aromatic carbocycles. The lowest BCUT2D eigenvalue weighted by atomic mass is 9.81. The van der Waals surface area contributed by atoms with Crippen LogP contribution in [-0.2, 0) is 0 Å². The summed E-state index contributed by atoms with van der Waals surface area (Å²) in [6.45, 7) is 6.21. The highest BCUT2D eigenvalue weighted by Gasteiger charge is 2.30. The van der Waals surface area contributed by atoms with E-state index in [1.807, 2.05) is 36.6 Å². The van der Waals surface area contributed by atoms with Crippen molar-refractivity contribution in [2.24, 2.45) is 5.92 Å². The molecule has 0 saturated heterocycles. The van der Waals surface area contributed by atoms with Gasteiger partial charge in [0, 0.05) is 24.1 Å². The molecule has 0 spiro atoms. The van der Waals surface area contributed by atoms with Crippen molar-refractivity contribution in [1.29, 1.82) is 0 Å². The number of halogens is 1. The highest BCUT2D eigenvalue weighted by atomic mass is 19.1. The minimum atomic E-state index is -1.03. The van der Waals surface area contributed by atoms with E-state index in [0.29, 0.717) is 36.5 Å². The number of fused-ring (bicyclic) bond motifs is 1. The topological polar surface area (TPSA) is 46.4 Å². The Kier molecular flexibility index (Phi) is 4.13. The van der Waals surface area contributed by atoms with Crippen LogP contribution in [-0.4, -0.2) is 27.5 Å². The SMILES string of the molecule is Cc1cc(C)n2ccc(C(=O)NCC3CCC(C)(F)CC3)c2n1. The van der Waals surface area contributed by atoms with Gasteiger partial charge >= 0.3 is 0 Å². The van der Waals surface area contributed by atoms with Crippen molar-refractivity contribution in [3.63, 3.8) is 0 Å². The van der Waals surface area contributed by atoms with Gasteiger partial charge in [-0.3, -0.25) is 4.79 Å². The molecule has 2 aromatic rings. The fourth-order valence-corrected chi connectivity index (χ4v) is 3.39. The quantitative estimate of drug-likeness (QED) is 0.940. The van der Waals surface area contributed by atoms with Gasteiger partial charge in [-0.1, -0.05) is 0 Å². The summed E-state index contributed by atoms with van der Waals surface area (Å²) < 4.78 is 15.7. The largest absolute Gasteiger partial charge is 0.352 e. The number of hydrogen-bond donors (Lipinski definition) is 1. The molecule has 1 aliphatic carbocycles. The summed E-state index contributed by atoms with van der Waals surface area (Å²) in [6.07, 6.45) is 4.72. The molecule has 4 nitrogen and oxygen atoms in total. The minimum absolute atomic E-state index is 0.0985. The average molecular weight is 317 g/mol. The Morgan fingerprint density at radius 2 is 2.13 bits per heavy atom. The van der Waals surface area contributed by atoms with Crippen LogP contribution in [0.4, 0.5) is 4.39 Å². The molecule has 2 aromatic heterocycles. The Labute approximate surface area is 136 Å². The van der Waals surface area contributed by atoms with E-state index in [9.17, 15) is 9.18 Å². The standard InChI is InChI=1S/C18H24FN3O/c1-12-10-13(2)22-9-6-15(16(22)21-12)17(23)20-11-14-4-7-18(3,19)8-5-14/h6,9-10,14H,4-5,7-8,11H2,1-3H3,(H,20,23). The van der Waals surface area contributed by atoms with Gasteiger partial charge in [0.25, 0.3) is 5.91 Å². The summed E-state index contributed by atoms with van der Waals surface area (Å²) >= 11 is 0. The summed E-state index contributed by atoms with van der Waals surface area (Å²) in [4.78, 5) is 17.0. The second kappa shape index (κ2) is 5.95. The highest BCUT2D eigenvalue weighted by molar-refractivity contribution is 6.00. The Balaban J connectivity index is 1.67. The summed E-state index contributed by atoms with van der Waals surface area (Å²) in [7, 11) is 0. The second-order valence-electron chi connectivity index (χ2n) is 7.03. The number of nitrogens with zero attached hydrogens (tertiary/aromatic N) is 2. The summed E-state index contributed by atoms with van der Waals surface area (Å²) in [5.74, 6) is 0.270. The number of amides is 1. The van der Waals surface area contributed by atoms with Crippen molar-refractivity contribution < 1.29 is 9.18 Å². The zero-order valence-corrected chi connectivity index (χ0v) is 14.0. The Bertz CT molecular complexity index is 725. The predicted octanol–water partition coefficient (Wildman–Crippen LogP) is 3.60. The first kappa shape index (κ1) is 16.0. The Morgan fingerprint density at radius 1 is 1.43 bits per heavy atom. The van der Waals surface area contributed by atoms with Gasteiger partial charge in [-0.2, -0.15) is 0 Å². The van der Waals surface area contributed by atoms with Crippen molar-refractivity contribution in [2.45, 2.75) is 52.1 Å². The second-order valence-corrected chi connectivity index (χ2v) is 7.03. The number of aromatic nitrogens is 2. The number of rotatable bonds is 3. The third kappa shape index (κ3) is 3.38. The molecule has 3 rings (SSSR count). The number of carbonyl (C=O) groups is 1. The van der Waals surface area contributed by atoms with E-state index in [1.165, 1.54) is 0 Å². The van der Waals surface area contributed by atoms with Crippen molar-refractivity contribution >= 4 is 11.6 Å². The van der Waals surface area contributed by atoms with Gasteiger partial charge in [0.1, 0.15) is 11.3 Å². The van der Waals surface area contributed by atoms with E-state index in [-0.39, 0.29) is 5.91 Å². The monoisotopic (exact) mass is 317 g/mol. The van der Waals surface area contributed by atoms with Gasteiger partial charge in [0.2, 0.25) is 0 Å². The van der Waals surface area contributed by atoms with Crippen molar-refractivity contribution in [1.82, 2.24) is 14.7 Å². The van der Waals surface area contributed by atoms with Gasteiger partial charge in [-0.25, -0.2) is 9.37 Å². The molecule has 124 valence electrons.